The van der Waals surface area contributed by atoms with Crippen molar-refractivity contribution in [1.82, 2.24) is 5.32 Å². The lowest BCUT2D eigenvalue weighted by Gasteiger charge is -2.16. The molecule has 0 heterocycles. The van der Waals surface area contributed by atoms with Gasteiger partial charge in [0.1, 0.15) is 11.7 Å². The van der Waals surface area contributed by atoms with E-state index < -0.39 is 12.1 Å². The first kappa shape index (κ1) is 11.4. The Morgan fingerprint density at radius 3 is 3.06 bits per heavy atom. The molecule has 0 aliphatic heterocycles. The largest absolute Gasteiger partial charge is 0.390 e. The van der Waals surface area contributed by atoms with Crippen molar-refractivity contribution in [3.05, 3.63) is 35.1 Å². The van der Waals surface area contributed by atoms with E-state index in [2.05, 4.69) is 5.32 Å². The summed E-state index contributed by atoms with van der Waals surface area (Å²) < 4.78 is 13.4. The molecular formula is C11H11ClFNO2. The van der Waals surface area contributed by atoms with E-state index in [4.69, 9.17) is 11.6 Å². The number of rotatable bonds is 2. The molecule has 1 aromatic carbocycles. The van der Waals surface area contributed by atoms with Crippen LogP contribution in [-0.4, -0.2) is 23.0 Å². The molecule has 1 amide bonds. The van der Waals surface area contributed by atoms with Gasteiger partial charge >= 0.3 is 0 Å². The zero-order chi connectivity index (χ0) is 11.7. The number of alkyl halides is 1. The first-order valence-electron chi connectivity index (χ1n) is 4.94. The summed E-state index contributed by atoms with van der Waals surface area (Å²) in [6.07, 6.45) is -0.575. The molecule has 0 bridgehead atoms. The van der Waals surface area contributed by atoms with Gasteiger partial charge in [-0.25, -0.2) is 4.39 Å². The van der Waals surface area contributed by atoms with E-state index in [1.165, 1.54) is 6.07 Å². The molecule has 0 aromatic heterocycles. The van der Waals surface area contributed by atoms with Crippen LogP contribution in [0.4, 0.5) is 4.39 Å². The molecule has 86 valence electrons. The molecule has 0 saturated heterocycles. The SMILES string of the molecule is O=C(CCl)N[C@H]1c2cccc(F)c2C[C@H]1O. The second-order valence-corrected chi connectivity index (χ2v) is 4.03. The standard InChI is InChI=1S/C11H11ClFNO2/c12-5-10(16)14-11-6-2-1-3-8(13)7(6)4-9(11)15/h1-3,9,11,15H,4-5H2,(H,14,16)/t9-,11+/m1/s1. The van der Waals surface area contributed by atoms with Gasteiger partial charge in [-0.3, -0.25) is 4.79 Å². The molecule has 0 saturated carbocycles. The highest BCUT2D eigenvalue weighted by Crippen LogP contribution is 2.32. The molecule has 1 aliphatic rings. The maximum atomic E-state index is 13.4. The first-order valence-corrected chi connectivity index (χ1v) is 5.47. The lowest BCUT2D eigenvalue weighted by molar-refractivity contribution is -0.120. The van der Waals surface area contributed by atoms with Gasteiger partial charge in [-0.2, -0.15) is 0 Å². The molecule has 2 N–H and O–H groups in total. The third-order valence-electron chi connectivity index (χ3n) is 2.73. The third kappa shape index (κ3) is 1.90. The van der Waals surface area contributed by atoms with Crippen LogP contribution in [0, 0.1) is 5.82 Å². The summed E-state index contributed by atoms with van der Waals surface area (Å²) in [5, 5.41) is 12.3. The smallest absolute Gasteiger partial charge is 0.235 e. The summed E-state index contributed by atoms with van der Waals surface area (Å²) in [6.45, 7) is 0. The Hall–Kier alpha value is -1.13. The second kappa shape index (κ2) is 4.39. The zero-order valence-electron chi connectivity index (χ0n) is 8.41. The van der Waals surface area contributed by atoms with E-state index in [9.17, 15) is 14.3 Å². The predicted molar refractivity (Wildman–Crippen MR) is 57.7 cm³/mol. The minimum absolute atomic E-state index is 0.173. The van der Waals surface area contributed by atoms with Crippen molar-refractivity contribution in [3.8, 4) is 0 Å². The van der Waals surface area contributed by atoms with Gasteiger partial charge in [-0.05, 0) is 17.2 Å². The molecule has 0 spiro atoms. The number of hydrogen-bond acceptors (Lipinski definition) is 2. The number of nitrogens with one attached hydrogen (secondary N) is 1. The van der Waals surface area contributed by atoms with Crippen LogP contribution < -0.4 is 5.32 Å². The van der Waals surface area contributed by atoms with Crippen molar-refractivity contribution in [2.24, 2.45) is 0 Å². The average molecular weight is 244 g/mol. The Morgan fingerprint density at radius 2 is 2.38 bits per heavy atom. The highest BCUT2D eigenvalue weighted by molar-refractivity contribution is 6.27. The van der Waals surface area contributed by atoms with Crippen LogP contribution in [0.25, 0.3) is 0 Å². The van der Waals surface area contributed by atoms with Crippen LogP contribution in [0.5, 0.6) is 0 Å². The second-order valence-electron chi connectivity index (χ2n) is 3.76. The van der Waals surface area contributed by atoms with Crippen molar-refractivity contribution < 1.29 is 14.3 Å². The van der Waals surface area contributed by atoms with Gasteiger partial charge in [0.25, 0.3) is 0 Å². The Morgan fingerprint density at radius 1 is 1.62 bits per heavy atom. The number of halogens is 2. The zero-order valence-corrected chi connectivity index (χ0v) is 9.17. The lowest BCUT2D eigenvalue weighted by atomic mass is 10.1. The van der Waals surface area contributed by atoms with E-state index >= 15 is 0 Å². The summed E-state index contributed by atoms with van der Waals surface area (Å²) in [5.41, 5.74) is 1.10. The number of amides is 1. The number of aliphatic hydroxyl groups is 1. The minimum atomic E-state index is -0.793. The summed E-state index contributed by atoms with van der Waals surface area (Å²) in [5.74, 6) is -0.893. The van der Waals surface area contributed by atoms with Crippen molar-refractivity contribution in [2.75, 3.05) is 5.88 Å². The topological polar surface area (TPSA) is 49.3 Å². The van der Waals surface area contributed by atoms with Crippen LogP contribution in [0.15, 0.2) is 18.2 Å². The number of aliphatic hydroxyl groups excluding tert-OH is 1. The van der Waals surface area contributed by atoms with Crippen molar-refractivity contribution in [1.29, 1.82) is 0 Å². The fourth-order valence-corrected chi connectivity index (χ4v) is 2.08. The quantitative estimate of drug-likeness (QED) is 0.766. The summed E-state index contributed by atoms with van der Waals surface area (Å²) in [6, 6.07) is 4.05. The van der Waals surface area contributed by atoms with Crippen LogP contribution in [0.2, 0.25) is 0 Å². The number of carbonyl (C=O) groups is 1. The molecule has 1 aliphatic carbocycles. The first-order chi connectivity index (χ1) is 7.63. The summed E-state index contributed by atoms with van der Waals surface area (Å²) in [4.78, 5) is 11.2. The van der Waals surface area contributed by atoms with E-state index in [-0.39, 0.29) is 24.0 Å². The van der Waals surface area contributed by atoms with Crippen LogP contribution in [0.3, 0.4) is 0 Å². The van der Waals surface area contributed by atoms with Crippen molar-refractivity contribution in [3.63, 3.8) is 0 Å². The van der Waals surface area contributed by atoms with Crippen LogP contribution in [-0.2, 0) is 11.2 Å². The van der Waals surface area contributed by atoms with Gasteiger partial charge in [0.2, 0.25) is 5.91 Å². The van der Waals surface area contributed by atoms with Gasteiger partial charge in [0.15, 0.2) is 0 Å². The van der Waals surface area contributed by atoms with Crippen LogP contribution >= 0.6 is 11.6 Å². The molecule has 2 rings (SSSR count). The molecular weight excluding hydrogens is 233 g/mol. The number of carbonyl (C=O) groups excluding carboxylic acids is 1. The van der Waals surface area contributed by atoms with E-state index in [1.807, 2.05) is 0 Å². The van der Waals surface area contributed by atoms with Gasteiger partial charge in [-0.1, -0.05) is 12.1 Å². The monoisotopic (exact) mass is 243 g/mol. The highest BCUT2D eigenvalue weighted by atomic mass is 35.5. The number of benzene rings is 1. The lowest BCUT2D eigenvalue weighted by Crippen LogP contribution is -2.34. The Balaban J connectivity index is 2.29. The molecule has 3 nitrogen and oxygen atoms in total. The van der Waals surface area contributed by atoms with E-state index in [0.29, 0.717) is 11.1 Å². The maximum absolute atomic E-state index is 13.4. The van der Waals surface area contributed by atoms with Crippen molar-refractivity contribution in [2.45, 2.75) is 18.6 Å². The van der Waals surface area contributed by atoms with Gasteiger partial charge in [-0.15, -0.1) is 11.6 Å². The molecule has 5 heteroatoms. The molecule has 0 fully saturated rings. The van der Waals surface area contributed by atoms with Crippen molar-refractivity contribution >= 4 is 17.5 Å². The van der Waals surface area contributed by atoms with Gasteiger partial charge in [0.05, 0.1) is 12.1 Å². The number of hydrogen-bond donors (Lipinski definition) is 2. The Bertz CT molecular complexity index is 424. The maximum Gasteiger partial charge on any atom is 0.235 e. The van der Waals surface area contributed by atoms with Gasteiger partial charge in [0, 0.05) is 6.42 Å². The van der Waals surface area contributed by atoms with E-state index in [0.717, 1.165) is 0 Å². The third-order valence-corrected chi connectivity index (χ3v) is 2.97. The fourth-order valence-electron chi connectivity index (χ4n) is 2.00. The predicted octanol–water partition coefficient (Wildman–Crippen LogP) is 1.14. The fraction of sp³-hybridized carbons (Fsp3) is 0.364. The molecule has 2 atom stereocenters. The molecule has 16 heavy (non-hydrogen) atoms. The normalized spacial score (nSPS) is 22.9. The Kier molecular flexibility index (Phi) is 3.12. The summed E-state index contributed by atoms with van der Waals surface area (Å²) >= 11 is 5.37. The van der Waals surface area contributed by atoms with Crippen LogP contribution in [0.1, 0.15) is 17.2 Å². The highest BCUT2D eigenvalue weighted by Gasteiger charge is 2.33. The number of fused-ring (bicyclic) bond motifs is 1. The Labute approximate surface area is 97.2 Å². The van der Waals surface area contributed by atoms with Gasteiger partial charge < -0.3 is 10.4 Å². The molecule has 1 aromatic rings. The van der Waals surface area contributed by atoms with E-state index in [1.54, 1.807) is 12.1 Å². The minimum Gasteiger partial charge on any atom is -0.390 e. The average Bonchev–Trinajstić information content (AvgIpc) is 2.58. The molecule has 0 unspecified atom stereocenters. The molecule has 0 radical (unpaired) electrons. The summed E-state index contributed by atoms with van der Waals surface area (Å²) in [7, 11) is 0.